The van der Waals surface area contributed by atoms with E-state index >= 15 is 0 Å². The fraction of sp³-hybridized carbons (Fsp3) is 0.238. The maximum atomic E-state index is 12.6. The molecule has 0 bridgehead atoms. The number of nitrogens with one attached hydrogen (secondary N) is 1. The van der Waals surface area contributed by atoms with Gasteiger partial charge in [0.05, 0.1) is 28.2 Å². The van der Waals surface area contributed by atoms with Gasteiger partial charge in [0.15, 0.2) is 31.4 Å². The summed E-state index contributed by atoms with van der Waals surface area (Å²) in [6.45, 7) is 3.32. The van der Waals surface area contributed by atoms with Gasteiger partial charge in [-0.2, -0.15) is 29.2 Å². The van der Waals surface area contributed by atoms with Gasteiger partial charge >= 0.3 is 0 Å². The molecule has 0 radical (unpaired) electrons. The fourth-order valence-corrected chi connectivity index (χ4v) is 5.22. The first kappa shape index (κ1) is 26.1. The number of anilines is 2. The lowest BCUT2D eigenvalue weighted by Crippen LogP contribution is -2.16. The molecule has 4 heterocycles. The van der Waals surface area contributed by atoms with Crippen LogP contribution in [0.2, 0.25) is 5.28 Å². The first-order valence-corrected chi connectivity index (χ1v) is 14.9. The second kappa shape index (κ2) is 11.0. The van der Waals surface area contributed by atoms with Crippen molar-refractivity contribution < 1.29 is 8.42 Å². The van der Waals surface area contributed by atoms with Crippen molar-refractivity contribution in [3.8, 4) is 0 Å². The van der Waals surface area contributed by atoms with E-state index in [1.807, 2.05) is 12.5 Å². The summed E-state index contributed by atoms with van der Waals surface area (Å²) in [5, 5.41) is 12.3. The summed E-state index contributed by atoms with van der Waals surface area (Å²) in [6.07, 6.45) is 7.04. The summed E-state index contributed by atoms with van der Waals surface area (Å²) >= 11 is 8.68. The number of nitrogens with zero attached hydrogens (tertiary/aromatic N) is 8. The highest BCUT2D eigenvalue weighted by atomic mass is 35.5. The van der Waals surface area contributed by atoms with Crippen LogP contribution in [0.1, 0.15) is 13.8 Å². The molecule has 0 amide bonds. The average molecular weight is 564 g/mol. The van der Waals surface area contributed by atoms with Crippen LogP contribution in [0.25, 0.3) is 11.3 Å². The number of thioether (sulfide) groups is 2. The Kier molecular flexibility index (Phi) is 7.97. The van der Waals surface area contributed by atoms with Crippen molar-refractivity contribution >= 4 is 67.9 Å². The molecule has 15 heteroatoms. The third kappa shape index (κ3) is 5.40. The van der Waals surface area contributed by atoms with Gasteiger partial charge in [-0.1, -0.05) is 35.7 Å². The zero-order chi connectivity index (χ0) is 25.9. The maximum absolute atomic E-state index is 12.6. The highest BCUT2D eigenvalue weighted by Gasteiger charge is 2.23. The Balaban J connectivity index is 0.000000211. The van der Waals surface area contributed by atoms with Crippen molar-refractivity contribution in [2.24, 2.45) is 0 Å². The quantitative estimate of drug-likeness (QED) is 0.297. The van der Waals surface area contributed by atoms with E-state index in [2.05, 4.69) is 35.5 Å². The Labute approximate surface area is 221 Å². The second-order valence-electron chi connectivity index (χ2n) is 7.43. The highest BCUT2D eigenvalue weighted by molar-refractivity contribution is 7.98. The molecule has 0 unspecified atom stereocenters. The standard InChI is InChI=1S/C15H17N5O2S2.C6H5ClN4S/c1-10(2)24(21,22)12-7-5-4-6-11(12)17-14-19-15(23-3)18-13-8-9-16-20(13)14;1-12-6-9-4-2-3-8-11(4)5(7)10-6/h4-10H,1-3H3,(H,17,18,19);2-3H,1H3. The number of rotatable bonds is 6. The maximum Gasteiger partial charge on any atom is 0.232 e. The lowest BCUT2D eigenvalue weighted by molar-refractivity contribution is 0.587. The van der Waals surface area contributed by atoms with Crippen LogP contribution in [0, 0.1) is 0 Å². The number of aromatic nitrogens is 8. The van der Waals surface area contributed by atoms with Crippen molar-refractivity contribution in [1.29, 1.82) is 0 Å². The number of benzene rings is 1. The fourth-order valence-electron chi connectivity index (χ4n) is 3.03. The van der Waals surface area contributed by atoms with Crippen LogP contribution in [-0.2, 0) is 9.84 Å². The van der Waals surface area contributed by atoms with Gasteiger partial charge in [-0.3, -0.25) is 0 Å². The van der Waals surface area contributed by atoms with Crippen LogP contribution in [0.5, 0.6) is 0 Å². The molecule has 188 valence electrons. The van der Waals surface area contributed by atoms with Crippen molar-refractivity contribution in [1.82, 2.24) is 39.2 Å². The lowest BCUT2D eigenvalue weighted by Gasteiger charge is -2.14. The largest absolute Gasteiger partial charge is 0.323 e. The minimum absolute atomic E-state index is 0.240. The molecule has 1 aromatic carbocycles. The van der Waals surface area contributed by atoms with Gasteiger partial charge in [0, 0.05) is 12.1 Å². The number of para-hydroxylation sites is 1. The van der Waals surface area contributed by atoms with Crippen LogP contribution in [-0.4, -0.2) is 65.3 Å². The number of hydrogen-bond donors (Lipinski definition) is 1. The first-order chi connectivity index (χ1) is 17.2. The van der Waals surface area contributed by atoms with Gasteiger partial charge < -0.3 is 5.32 Å². The Morgan fingerprint density at radius 3 is 2.08 bits per heavy atom. The molecule has 0 atom stereocenters. The number of sulfone groups is 1. The SMILES string of the molecule is CSc1nc(Cl)n2nccc2n1.CSc1nc(Nc2ccccc2S(=O)(=O)C(C)C)n2nccc2n1. The molecule has 11 nitrogen and oxygen atoms in total. The highest BCUT2D eigenvalue weighted by Crippen LogP contribution is 2.27. The smallest absolute Gasteiger partial charge is 0.232 e. The van der Waals surface area contributed by atoms with E-state index in [4.69, 9.17) is 11.6 Å². The summed E-state index contributed by atoms with van der Waals surface area (Å²) < 4.78 is 28.2. The monoisotopic (exact) mass is 563 g/mol. The molecular formula is C21H22ClN9O2S3. The molecule has 0 aliphatic rings. The van der Waals surface area contributed by atoms with Crippen molar-refractivity contribution in [3.05, 3.63) is 54.1 Å². The van der Waals surface area contributed by atoms with Gasteiger partial charge in [0.25, 0.3) is 0 Å². The Hall–Kier alpha value is -2.94. The average Bonchev–Trinajstić information content (AvgIpc) is 3.54. The predicted octanol–water partition coefficient (Wildman–Crippen LogP) is 4.27. The van der Waals surface area contributed by atoms with E-state index in [1.165, 1.54) is 28.0 Å². The first-order valence-electron chi connectivity index (χ1n) is 10.5. The van der Waals surface area contributed by atoms with E-state index in [0.29, 0.717) is 32.9 Å². The van der Waals surface area contributed by atoms with Crippen molar-refractivity contribution in [2.75, 3.05) is 17.8 Å². The Morgan fingerprint density at radius 1 is 0.861 bits per heavy atom. The van der Waals surface area contributed by atoms with Crippen LogP contribution in [0.15, 0.2) is 64.0 Å². The molecule has 4 aromatic heterocycles. The van der Waals surface area contributed by atoms with Crippen molar-refractivity contribution in [3.63, 3.8) is 0 Å². The molecule has 0 aliphatic carbocycles. The summed E-state index contributed by atoms with van der Waals surface area (Å²) in [5.74, 6) is 0.417. The van der Waals surface area contributed by atoms with Crippen LogP contribution >= 0.6 is 35.1 Å². The Morgan fingerprint density at radius 2 is 1.44 bits per heavy atom. The van der Waals surface area contributed by atoms with E-state index < -0.39 is 15.1 Å². The topological polar surface area (TPSA) is 132 Å². The third-order valence-electron chi connectivity index (χ3n) is 4.86. The molecule has 0 saturated carbocycles. The van der Waals surface area contributed by atoms with Crippen LogP contribution < -0.4 is 5.32 Å². The molecule has 0 aliphatic heterocycles. The molecule has 1 N–H and O–H groups in total. The molecule has 5 aromatic rings. The van der Waals surface area contributed by atoms with Gasteiger partial charge in [-0.15, -0.1) is 0 Å². The van der Waals surface area contributed by atoms with Gasteiger partial charge in [-0.05, 0) is 50.1 Å². The number of halogens is 1. The molecular weight excluding hydrogens is 542 g/mol. The third-order valence-corrected chi connectivity index (χ3v) is 8.41. The summed E-state index contributed by atoms with van der Waals surface area (Å²) in [5.41, 5.74) is 1.83. The van der Waals surface area contributed by atoms with Crippen LogP contribution in [0.4, 0.5) is 11.6 Å². The van der Waals surface area contributed by atoms with Gasteiger partial charge in [0.2, 0.25) is 11.2 Å². The lowest BCUT2D eigenvalue weighted by atomic mass is 10.3. The minimum Gasteiger partial charge on any atom is -0.323 e. The summed E-state index contributed by atoms with van der Waals surface area (Å²) in [7, 11) is -3.42. The summed E-state index contributed by atoms with van der Waals surface area (Å²) in [6, 6.07) is 10.3. The summed E-state index contributed by atoms with van der Waals surface area (Å²) in [4.78, 5) is 17.2. The zero-order valence-corrected chi connectivity index (χ0v) is 22.9. The van der Waals surface area contributed by atoms with Gasteiger partial charge in [0.1, 0.15) is 0 Å². The van der Waals surface area contributed by atoms with E-state index in [0.717, 1.165) is 5.65 Å². The molecule has 0 fully saturated rings. The minimum atomic E-state index is -3.42. The van der Waals surface area contributed by atoms with E-state index in [9.17, 15) is 8.42 Å². The molecule has 0 saturated heterocycles. The zero-order valence-electron chi connectivity index (χ0n) is 19.7. The van der Waals surface area contributed by atoms with E-state index in [1.54, 1.807) is 67.2 Å². The van der Waals surface area contributed by atoms with Crippen molar-refractivity contribution in [2.45, 2.75) is 34.3 Å². The Bertz CT molecular complexity index is 1620. The molecule has 36 heavy (non-hydrogen) atoms. The molecule has 0 spiro atoms. The van der Waals surface area contributed by atoms with Crippen LogP contribution in [0.3, 0.4) is 0 Å². The second-order valence-corrected chi connectivity index (χ2v) is 11.8. The number of hydrogen-bond acceptors (Lipinski definition) is 11. The molecule has 5 rings (SSSR count). The normalized spacial score (nSPS) is 11.6. The number of fused-ring (bicyclic) bond motifs is 2. The predicted molar refractivity (Wildman–Crippen MR) is 142 cm³/mol. The van der Waals surface area contributed by atoms with E-state index in [-0.39, 0.29) is 4.90 Å². The van der Waals surface area contributed by atoms with Gasteiger partial charge in [-0.25, -0.2) is 18.4 Å².